The highest BCUT2D eigenvalue weighted by Gasteiger charge is 2.33. The topological polar surface area (TPSA) is 58.4 Å². The molecule has 4 nitrogen and oxygen atoms in total. The second kappa shape index (κ2) is 6.53. The Morgan fingerprint density at radius 1 is 1.33 bits per heavy atom. The molecule has 1 aliphatic carbocycles. The number of amides is 1. The van der Waals surface area contributed by atoms with Crippen molar-refractivity contribution in [3.8, 4) is 0 Å². The van der Waals surface area contributed by atoms with Crippen molar-refractivity contribution in [1.29, 1.82) is 0 Å². The van der Waals surface area contributed by atoms with E-state index in [1.807, 2.05) is 0 Å². The fraction of sp³-hybridized carbons (Fsp3) is 0.929. The largest absolute Gasteiger partial charge is 0.352 e. The van der Waals surface area contributed by atoms with Crippen molar-refractivity contribution in [3.63, 3.8) is 0 Å². The summed E-state index contributed by atoms with van der Waals surface area (Å²) in [6.45, 7) is 6.12. The molecule has 0 aromatic carbocycles. The molecule has 0 radical (unpaired) electrons. The van der Waals surface area contributed by atoms with E-state index in [1.54, 1.807) is 0 Å². The number of hydrogen-bond acceptors (Lipinski definition) is 3. The molecule has 3 atom stereocenters. The van der Waals surface area contributed by atoms with E-state index >= 15 is 0 Å². The van der Waals surface area contributed by atoms with Gasteiger partial charge in [-0.05, 0) is 51.2 Å². The number of nitrogens with one attached hydrogen (secondary N) is 1. The third-order valence-electron chi connectivity index (χ3n) is 4.60. The van der Waals surface area contributed by atoms with E-state index in [4.69, 9.17) is 5.73 Å². The van der Waals surface area contributed by atoms with Crippen LogP contribution in [0.1, 0.15) is 39.0 Å². The summed E-state index contributed by atoms with van der Waals surface area (Å²) < 4.78 is 0. The second-order valence-electron chi connectivity index (χ2n) is 5.77. The predicted octanol–water partition coefficient (Wildman–Crippen LogP) is 0.962. The minimum absolute atomic E-state index is 0.173. The summed E-state index contributed by atoms with van der Waals surface area (Å²) in [5, 5.41) is 3.25. The van der Waals surface area contributed by atoms with Crippen molar-refractivity contribution >= 4 is 5.91 Å². The standard InChI is InChI=1S/C14H27N3O/c1-2-17-8-4-6-12(10-17)16-14(18)13-7-3-5-11(13)9-15/h11-13H,2-10,15H2,1H3,(H,16,18). The van der Waals surface area contributed by atoms with Gasteiger partial charge in [-0.2, -0.15) is 0 Å². The lowest BCUT2D eigenvalue weighted by atomic mass is 9.94. The molecule has 0 aromatic rings. The number of hydrogen-bond donors (Lipinski definition) is 2. The molecule has 1 amide bonds. The summed E-state index contributed by atoms with van der Waals surface area (Å²) in [4.78, 5) is 14.7. The molecule has 2 aliphatic rings. The molecule has 1 saturated carbocycles. The number of nitrogens with zero attached hydrogens (tertiary/aromatic N) is 1. The highest BCUT2D eigenvalue weighted by atomic mass is 16.2. The SMILES string of the molecule is CCN1CCCC(NC(=O)C2CCCC2CN)C1. The summed E-state index contributed by atoms with van der Waals surface area (Å²) in [6.07, 6.45) is 5.63. The van der Waals surface area contributed by atoms with Crippen LogP contribution >= 0.6 is 0 Å². The van der Waals surface area contributed by atoms with Gasteiger partial charge in [-0.25, -0.2) is 0 Å². The second-order valence-corrected chi connectivity index (χ2v) is 5.77. The molecular formula is C14H27N3O. The lowest BCUT2D eigenvalue weighted by molar-refractivity contribution is -0.127. The van der Waals surface area contributed by atoms with Crippen LogP contribution in [-0.4, -0.2) is 43.0 Å². The number of rotatable bonds is 4. The van der Waals surface area contributed by atoms with E-state index in [1.165, 1.54) is 13.0 Å². The van der Waals surface area contributed by atoms with Crippen LogP contribution in [0.5, 0.6) is 0 Å². The Bertz CT molecular complexity index is 282. The Morgan fingerprint density at radius 2 is 2.17 bits per heavy atom. The van der Waals surface area contributed by atoms with Gasteiger partial charge >= 0.3 is 0 Å². The fourth-order valence-corrected chi connectivity index (χ4v) is 3.43. The van der Waals surface area contributed by atoms with Crippen molar-refractivity contribution < 1.29 is 4.79 Å². The maximum Gasteiger partial charge on any atom is 0.223 e. The van der Waals surface area contributed by atoms with E-state index in [9.17, 15) is 4.79 Å². The van der Waals surface area contributed by atoms with Gasteiger partial charge < -0.3 is 16.0 Å². The van der Waals surface area contributed by atoms with Crippen LogP contribution in [0.25, 0.3) is 0 Å². The smallest absolute Gasteiger partial charge is 0.223 e. The zero-order valence-electron chi connectivity index (χ0n) is 11.5. The highest BCUT2D eigenvalue weighted by Crippen LogP contribution is 2.31. The number of likely N-dealkylation sites (tertiary alicyclic amines) is 1. The Balaban J connectivity index is 1.83. The van der Waals surface area contributed by atoms with Gasteiger partial charge in [-0.15, -0.1) is 0 Å². The molecule has 3 unspecified atom stereocenters. The number of piperidine rings is 1. The first-order valence-electron chi connectivity index (χ1n) is 7.47. The van der Waals surface area contributed by atoms with Crippen LogP contribution in [-0.2, 0) is 4.79 Å². The molecule has 1 saturated heterocycles. The Labute approximate surface area is 110 Å². The lowest BCUT2D eigenvalue weighted by Crippen LogP contribution is -2.49. The summed E-state index contributed by atoms with van der Waals surface area (Å²) in [6, 6.07) is 0.352. The lowest BCUT2D eigenvalue weighted by Gasteiger charge is -2.33. The molecule has 1 aliphatic heterocycles. The average Bonchev–Trinajstić information content (AvgIpc) is 2.87. The van der Waals surface area contributed by atoms with E-state index in [2.05, 4.69) is 17.1 Å². The zero-order chi connectivity index (χ0) is 13.0. The van der Waals surface area contributed by atoms with Crippen LogP contribution in [0.3, 0.4) is 0 Å². The molecule has 2 rings (SSSR count). The van der Waals surface area contributed by atoms with Gasteiger partial charge in [0.05, 0.1) is 0 Å². The number of carbonyl (C=O) groups is 1. The fourth-order valence-electron chi connectivity index (χ4n) is 3.43. The molecule has 104 valence electrons. The van der Waals surface area contributed by atoms with E-state index in [0.29, 0.717) is 18.5 Å². The Kier molecular flexibility index (Phi) is 5.01. The minimum atomic E-state index is 0.173. The number of nitrogens with two attached hydrogens (primary N) is 1. The van der Waals surface area contributed by atoms with Crippen LogP contribution < -0.4 is 11.1 Å². The third-order valence-corrected chi connectivity index (χ3v) is 4.60. The van der Waals surface area contributed by atoms with E-state index in [-0.39, 0.29) is 11.8 Å². The van der Waals surface area contributed by atoms with Crippen molar-refractivity contribution in [2.75, 3.05) is 26.2 Å². The summed E-state index contributed by atoms with van der Waals surface area (Å²) in [5.74, 6) is 0.841. The molecule has 2 fully saturated rings. The summed E-state index contributed by atoms with van der Waals surface area (Å²) in [5.41, 5.74) is 5.75. The van der Waals surface area contributed by atoms with Gasteiger partial charge in [0.2, 0.25) is 5.91 Å². The van der Waals surface area contributed by atoms with Gasteiger partial charge in [0.15, 0.2) is 0 Å². The van der Waals surface area contributed by atoms with E-state index in [0.717, 1.165) is 38.8 Å². The van der Waals surface area contributed by atoms with Crippen LogP contribution in [0.15, 0.2) is 0 Å². The van der Waals surface area contributed by atoms with Gasteiger partial charge in [0.25, 0.3) is 0 Å². The highest BCUT2D eigenvalue weighted by molar-refractivity contribution is 5.79. The van der Waals surface area contributed by atoms with Crippen LogP contribution in [0, 0.1) is 11.8 Å². The first-order valence-corrected chi connectivity index (χ1v) is 7.47. The normalized spacial score (nSPS) is 33.6. The molecule has 1 heterocycles. The van der Waals surface area contributed by atoms with E-state index < -0.39 is 0 Å². The first kappa shape index (κ1) is 13.8. The molecule has 0 bridgehead atoms. The Hall–Kier alpha value is -0.610. The molecule has 18 heavy (non-hydrogen) atoms. The minimum Gasteiger partial charge on any atom is -0.352 e. The first-order chi connectivity index (χ1) is 8.74. The molecule has 0 aromatic heterocycles. The summed E-state index contributed by atoms with van der Waals surface area (Å²) in [7, 11) is 0. The van der Waals surface area contributed by atoms with Gasteiger partial charge in [-0.3, -0.25) is 4.79 Å². The van der Waals surface area contributed by atoms with Crippen LogP contribution in [0.4, 0.5) is 0 Å². The maximum atomic E-state index is 12.3. The maximum absolute atomic E-state index is 12.3. The third kappa shape index (κ3) is 3.23. The summed E-state index contributed by atoms with van der Waals surface area (Å²) >= 11 is 0. The van der Waals surface area contributed by atoms with Gasteiger partial charge in [-0.1, -0.05) is 13.3 Å². The molecule has 0 spiro atoms. The zero-order valence-corrected chi connectivity index (χ0v) is 11.5. The molecule has 3 N–H and O–H groups in total. The predicted molar refractivity (Wildman–Crippen MR) is 73.2 cm³/mol. The van der Waals surface area contributed by atoms with Gasteiger partial charge in [0.1, 0.15) is 0 Å². The molecule has 4 heteroatoms. The number of carbonyl (C=O) groups excluding carboxylic acids is 1. The van der Waals surface area contributed by atoms with Crippen molar-refractivity contribution in [2.45, 2.75) is 45.1 Å². The van der Waals surface area contributed by atoms with Crippen molar-refractivity contribution in [3.05, 3.63) is 0 Å². The Morgan fingerprint density at radius 3 is 2.89 bits per heavy atom. The average molecular weight is 253 g/mol. The van der Waals surface area contributed by atoms with Crippen molar-refractivity contribution in [2.24, 2.45) is 17.6 Å². The molecular weight excluding hydrogens is 226 g/mol. The van der Waals surface area contributed by atoms with Crippen LogP contribution in [0.2, 0.25) is 0 Å². The van der Waals surface area contributed by atoms with Gasteiger partial charge in [0, 0.05) is 18.5 Å². The van der Waals surface area contributed by atoms with Crippen molar-refractivity contribution in [1.82, 2.24) is 10.2 Å². The number of likely N-dealkylation sites (N-methyl/N-ethyl adjacent to an activating group) is 1. The quantitative estimate of drug-likeness (QED) is 0.784. The monoisotopic (exact) mass is 253 g/mol.